The highest BCUT2D eigenvalue weighted by Gasteiger charge is 2.27. The highest BCUT2D eigenvalue weighted by atomic mass is 35.5. The van der Waals surface area contributed by atoms with Crippen LogP contribution in [-0.2, 0) is 14.8 Å². The average Bonchev–Trinajstić information content (AvgIpc) is 2.79. The van der Waals surface area contributed by atoms with Crippen LogP contribution in [0, 0.1) is 5.82 Å². The lowest BCUT2D eigenvalue weighted by Crippen LogP contribution is -2.38. The molecule has 0 radical (unpaired) electrons. The van der Waals surface area contributed by atoms with Gasteiger partial charge in [0, 0.05) is 5.02 Å². The van der Waals surface area contributed by atoms with E-state index in [0.29, 0.717) is 28.8 Å². The number of carbonyl (C=O) groups is 1. The Morgan fingerprint density at radius 2 is 1.73 bits per heavy atom. The molecule has 0 aliphatic heterocycles. The second-order valence-electron chi connectivity index (χ2n) is 6.79. The Balaban J connectivity index is 1.95. The van der Waals surface area contributed by atoms with E-state index in [9.17, 15) is 17.6 Å². The van der Waals surface area contributed by atoms with E-state index in [1.807, 2.05) is 6.92 Å². The quantitative estimate of drug-likeness (QED) is 0.467. The molecule has 0 saturated carbocycles. The van der Waals surface area contributed by atoms with Gasteiger partial charge in [0.25, 0.3) is 10.0 Å². The highest BCUT2D eigenvalue weighted by molar-refractivity contribution is 7.92. The number of halogens is 2. The lowest BCUT2D eigenvalue weighted by Gasteiger charge is -2.24. The first-order valence-electron chi connectivity index (χ1n) is 9.89. The Morgan fingerprint density at radius 3 is 2.33 bits per heavy atom. The molecular formula is C23H22ClFN2O5S. The van der Waals surface area contributed by atoms with E-state index in [1.165, 1.54) is 25.3 Å². The topological polar surface area (TPSA) is 84.9 Å². The molecular weight excluding hydrogens is 471 g/mol. The fraction of sp³-hybridized carbons (Fsp3) is 0.174. The number of nitrogens with one attached hydrogen (secondary N) is 1. The Bertz CT molecular complexity index is 1220. The monoisotopic (exact) mass is 492 g/mol. The van der Waals surface area contributed by atoms with Crippen LogP contribution in [0.15, 0.2) is 71.6 Å². The molecule has 0 unspecified atom stereocenters. The molecule has 0 aromatic heterocycles. The van der Waals surface area contributed by atoms with Gasteiger partial charge in [-0.25, -0.2) is 12.8 Å². The molecule has 0 spiro atoms. The Hall–Kier alpha value is -3.30. The molecule has 0 bridgehead atoms. The van der Waals surface area contributed by atoms with Crippen LogP contribution in [0.25, 0.3) is 0 Å². The third kappa shape index (κ3) is 5.94. The van der Waals surface area contributed by atoms with Crippen molar-refractivity contribution >= 4 is 38.9 Å². The van der Waals surface area contributed by atoms with E-state index in [2.05, 4.69) is 5.32 Å². The lowest BCUT2D eigenvalue weighted by molar-refractivity contribution is -0.114. The summed E-state index contributed by atoms with van der Waals surface area (Å²) in [5.74, 6) is -0.294. The molecule has 7 nitrogen and oxygen atoms in total. The summed E-state index contributed by atoms with van der Waals surface area (Å²) in [6.07, 6.45) is 0. The van der Waals surface area contributed by atoms with E-state index in [4.69, 9.17) is 21.1 Å². The van der Waals surface area contributed by atoms with E-state index in [0.717, 1.165) is 28.6 Å². The minimum atomic E-state index is -4.20. The largest absolute Gasteiger partial charge is 0.495 e. The number of anilines is 2. The number of methoxy groups -OCH3 is 1. The molecule has 0 heterocycles. The minimum absolute atomic E-state index is 0.161. The second kappa shape index (κ2) is 10.5. The molecule has 174 valence electrons. The summed E-state index contributed by atoms with van der Waals surface area (Å²) in [6.45, 7) is 1.72. The molecule has 0 atom stereocenters. The first kappa shape index (κ1) is 24.3. The van der Waals surface area contributed by atoms with Crippen molar-refractivity contribution in [1.29, 1.82) is 0 Å². The minimum Gasteiger partial charge on any atom is -0.495 e. The third-order valence-electron chi connectivity index (χ3n) is 4.56. The van der Waals surface area contributed by atoms with Crippen molar-refractivity contribution in [2.75, 3.05) is 29.9 Å². The van der Waals surface area contributed by atoms with Crippen LogP contribution >= 0.6 is 11.6 Å². The van der Waals surface area contributed by atoms with Crippen LogP contribution in [0.2, 0.25) is 5.02 Å². The van der Waals surface area contributed by atoms with Crippen LogP contribution in [0.1, 0.15) is 6.92 Å². The van der Waals surface area contributed by atoms with E-state index >= 15 is 0 Å². The van der Waals surface area contributed by atoms with Gasteiger partial charge in [0.15, 0.2) is 0 Å². The summed E-state index contributed by atoms with van der Waals surface area (Å²) >= 11 is 6.01. The fourth-order valence-electron chi connectivity index (χ4n) is 3.02. The molecule has 0 aliphatic rings. The predicted octanol–water partition coefficient (Wildman–Crippen LogP) is 4.72. The zero-order valence-corrected chi connectivity index (χ0v) is 19.5. The summed E-state index contributed by atoms with van der Waals surface area (Å²) in [7, 11) is -2.76. The molecule has 10 heteroatoms. The molecule has 3 aromatic carbocycles. The molecule has 33 heavy (non-hydrogen) atoms. The maximum Gasteiger partial charge on any atom is 0.264 e. The van der Waals surface area contributed by atoms with Gasteiger partial charge < -0.3 is 14.8 Å². The Morgan fingerprint density at radius 1 is 1.06 bits per heavy atom. The normalized spacial score (nSPS) is 11.0. The van der Waals surface area contributed by atoms with Gasteiger partial charge in [-0.2, -0.15) is 0 Å². The number of amides is 1. The first-order chi connectivity index (χ1) is 15.7. The van der Waals surface area contributed by atoms with E-state index in [-0.39, 0.29) is 10.6 Å². The van der Waals surface area contributed by atoms with Crippen molar-refractivity contribution in [3.8, 4) is 11.5 Å². The predicted molar refractivity (Wildman–Crippen MR) is 125 cm³/mol. The molecule has 0 aliphatic carbocycles. The summed E-state index contributed by atoms with van der Waals surface area (Å²) < 4.78 is 51.7. The molecule has 3 rings (SSSR count). The van der Waals surface area contributed by atoms with Gasteiger partial charge in [0.1, 0.15) is 23.9 Å². The molecule has 1 N–H and O–H groups in total. The van der Waals surface area contributed by atoms with Crippen molar-refractivity contribution in [1.82, 2.24) is 0 Å². The van der Waals surface area contributed by atoms with Crippen LogP contribution in [-0.4, -0.2) is 34.6 Å². The highest BCUT2D eigenvalue weighted by Crippen LogP contribution is 2.29. The second-order valence-corrected chi connectivity index (χ2v) is 9.08. The first-order valence-corrected chi connectivity index (χ1v) is 11.7. The lowest BCUT2D eigenvalue weighted by atomic mass is 10.3. The standard InChI is InChI=1S/C23H22ClFN2O5S/c1-3-32-19-9-7-18(8-10-19)27(33(29,30)20-11-5-17(25)6-12-20)15-23(28)26-21-14-16(24)4-13-22(21)31-2/h4-14H,3,15H2,1-2H3,(H,26,28). The third-order valence-corrected chi connectivity index (χ3v) is 6.58. The van der Waals surface area contributed by atoms with Crippen LogP contribution in [0.5, 0.6) is 11.5 Å². The van der Waals surface area contributed by atoms with Gasteiger partial charge in [-0.05, 0) is 73.7 Å². The zero-order chi connectivity index (χ0) is 24.0. The fourth-order valence-corrected chi connectivity index (χ4v) is 4.62. The van der Waals surface area contributed by atoms with Gasteiger partial charge >= 0.3 is 0 Å². The van der Waals surface area contributed by atoms with Crippen molar-refractivity contribution in [2.45, 2.75) is 11.8 Å². The van der Waals surface area contributed by atoms with Crippen LogP contribution in [0.3, 0.4) is 0 Å². The van der Waals surface area contributed by atoms with Gasteiger partial charge in [-0.15, -0.1) is 0 Å². The molecule has 0 fully saturated rings. The number of nitrogens with zero attached hydrogens (tertiary/aromatic N) is 1. The maximum absolute atomic E-state index is 13.4. The number of carbonyl (C=O) groups excluding carboxylic acids is 1. The number of hydrogen-bond acceptors (Lipinski definition) is 5. The van der Waals surface area contributed by atoms with Gasteiger partial charge in [0.05, 0.1) is 30.0 Å². The molecule has 1 amide bonds. The number of ether oxygens (including phenoxy) is 2. The van der Waals surface area contributed by atoms with Crippen molar-refractivity contribution in [3.63, 3.8) is 0 Å². The van der Waals surface area contributed by atoms with Crippen molar-refractivity contribution in [3.05, 3.63) is 77.6 Å². The van der Waals surface area contributed by atoms with E-state index < -0.39 is 28.3 Å². The Labute approximate surface area is 196 Å². The average molecular weight is 493 g/mol. The maximum atomic E-state index is 13.4. The van der Waals surface area contributed by atoms with Gasteiger partial charge in [-0.3, -0.25) is 9.10 Å². The summed E-state index contributed by atoms with van der Waals surface area (Å²) in [5.41, 5.74) is 0.525. The number of hydrogen-bond donors (Lipinski definition) is 1. The zero-order valence-electron chi connectivity index (χ0n) is 17.9. The SMILES string of the molecule is CCOc1ccc(N(CC(=O)Nc2cc(Cl)ccc2OC)S(=O)(=O)c2ccc(F)cc2)cc1. The summed E-state index contributed by atoms with van der Waals surface area (Å²) in [6, 6.07) is 15.3. The van der Waals surface area contributed by atoms with Crippen LogP contribution in [0.4, 0.5) is 15.8 Å². The summed E-state index contributed by atoms with van der Waals surface area (Å²) in [5, 5.41) is 3.00. The number of benzene rings is 3. The molecule has 3 aromatic rings. The van der Waals surface area contributed by atoms with Crippen molar-refractivity contribution < 1.29 is 27.1 Å². The van der Waals surface area contributed by atoms with Gasteiger partial charge in [0.2, 0.25) is 5.91 Å². The van der Waals surface area contributed by atoms with Gasteiger partial charge in [-0.1, -0.05) is 11.6 Å². The smallest absolute Gasteiger partial charge is 0.264 e. The Kier molecular flexibility index (Phi) is 7.78. The van der Waals surface area contributed by atoms with Crippen molar-refractivity contribution in [2.24, 2.45) is 0 Å². The number of sulfonamides is 1. The molecule has 0 saturated heterocycles. The van der Waals surface area contributed by atoms with Crippen LogP contribution < -0.4 is 19.1 Å². The number of rotatable bonds is 9. The van der Waals surface area contributed by atoms with E-state index in [1.54, 1.807) is 24.3 Å². The summed E-state index contributed by atoms with van der Waals surface area (Å²) in [4.78, 5) is 12.7.